The van der Waals surface area contributed by atoms with Gasteiger partial charge in [0.15, 0.2) is 0 Å². The Morgan fingerprint density at radius 1 is 1.88 bits per heavy atom. The van der Waals surface area contributed by atoms with Crippen LogP contribution in [0.1, 0.15) is 0 Å². The van der Waals surface area contributed by atoms with Crippen molar-refractivity contribution in [1.29, 1.82) is 0 Å². The van der Waals surface area contributed by atoms with Crippen LogP contribution in [-0.4, -0.2) is 25.7 Å². The van der Waals surface area contributed by atoms with E-state index in [0.29, 0.717) is 0 Å². The second-order valence-electron chi connectivity index (χ2n) is 1.72. The summed E-state index contributed by atoms with van der Waals surface area (Å²) in [5.74, 6) is 0.854. The van der Waals surface area contributed by atoms with Gasteiger partial charge in [-0.15, -0.1) is 0 Å². The molecule has 0 aromatic heterocycles. The van der Waals surface area contributed by atoms with Crippen molar-refractivity contribution < 1.29 is 4.74 Å². The molecule has 1 radical (unpaired) electrons. The van der Waals surface area contributed by atoms with Gasteiger partial charge in [-0.1, -0.05) is 0 Å². The lowest BCUT2D eigenvalue weighted by molar-refractivity contribution is 0.248. The van der Waals surface area contributed by atoms with E-state index in [0.717, 1.165) is 12.3 Å². The highest BCUT2D eigenvalue weighted by molar-refractivity contribution is 4.92. The van der Waals surface area contributed by atoms with Crippen LogP contribution in [-0.2, 0) is 4.74 Å². The van der Waals surface area contributed by atoms with Gasteiger partial charge in [-0.3, -0.25) is 0 Å². The predicted molar refractivity (Wildman–Crippen MR) is 29.5 cm³/mol. The largest absolute Gasteiger partial charge is 0.497 e. The second kappa shape index (κ2) is 2.05. The Kier molecular flexibility index (Phi) is 1.39. The number of hydrazine groups is 1. The average molecular weight is 113 g/mol. The number of nitrogens with zero attached hydrogens (tertiary/aromatic N) is 1. The second-order valence-corrected chi connectivity index (χ2v) is 1.72. The van der Waals surface area contributed by atoms with Crippen molar-refractivity contribution in [3.8, 4) is 0 Å². The summed E-state index contributed by atoms with van der Waals surface area (Å²) in [4.78, 5) is 0. The third kappa shape index (κ3) is 0.924. The Morgan fingerprint density at radius 3 is 2.88 bits per heavy atom. The maximum absolute atomic E-state index is 4.88. The number of methoxy groups -OCH3 is 1. The van der Waals surface area contributed by atoms with Crippen molar-refractivity contribution >= 4 is 0 Å². The van der Waals surface area contributed by atoms with Gasteiger partial charge in [0.2, 0.25) is 0 Å². The molecule has 0 aromatic carbocycles. The van der Waals surface area contributed by atoms with E-state index in [1.165, 1.54) is 0 Å². The molecule has 3 nitrogen and oxygen atoms in total. The molecule has 0 amide bonds. The number of hydrogen-bond donors (Lipinski definition) is 1. The maximum Gasteiger partial charge on any atom is 0.138 e. The van der Waals surface area contributed by atoms with Gasteiger partial charge >= 0.3 is 0 Å². The van der Waals surface area contributed by atoms with E-state index in [1.54, 1.807) is 7.11 Å². The van der Waals surface area contributed by atoms with Crippen LogP contribution in [0.15, 0.2) is 5.76 Å². The van der Waals surface area contributed by atoms with Gasteiger partial charge < -0.3 is 10.2 Å². The topological polar surface area (TPSA) is 24.5 Å². The Hall–Kier alpha value is -0.700. The predicted octanol–water partition coefficient (Wildman–Crippen LogP) is -0.273. The fourth-order valence-corrected chi connectivity index (χ4v) is 0.568. The van der Waals surface area contributed by atoms with E-state index >= 15 is 0 Å². The van der Waals surface area contributed by atoms with Gasteiger partial charge in [0.1, 0.15) is 12.0 Å². The molecule has 1 heterocycles. The third-order valence-electron chi connectivity index (χ3n) is 1.01. The summed E-state index contributed by atoms with van der Waals surface area (Å²) in [5.41, 5.74) is 2.84. The molecular formula is C5H9N2O. The van der Waals surface area contributed by atoms with Gasteiger partial charge in [-0.25, -0.2) is 5.01 Å². The van der Waals surface area contributed by atoms with Gasteiger partial charge in [0.05, 0.1) is 13.7 Å². The van der Waals surface area contributed by atoms with Gasteiger partial charge in [0, 0.05) is 7.05 Å². The monoisotopic (exact) mass is 113 g/mol. The highest BCUT2D eigenvalue weighted by Gasteiger charge is 2.08. The van der Waals surface area contributed by atoms with E-state index in [1.807, 2.05) is 12.1 Å². The van der Waals surface area contributed by atoms with Gasteiger partial charge in [-0.2, -0.15) is 0 Å². The Bertz CT molecular complexity index is 111. The highest BCUT2D eigenvalue weighted by Crippen LogP contribution is 1.99. The quantitative estimate of drug-likeness (QED) is 0.506. The molecule has 0 bridgehead atoms. The van der Waals surface area contributed by atoms with Crippen LogP contribution in [0.25, 0.3) is 0 Å². The Labute approximate surface area is 48.9 Å². The first-order valence-electron chi connectivity index (χ1n) is 2.45. The van der Waals surface area contributed by atoms with Gasteiger partial charge in [-0.05, 0) is 0 Å². The number of nitrogens with one attached hydrogen (secondary N) is 1. The highest BCUT2D eigenvalue weighted by atomic mass is 16.5. The molecule has 1 aliphatic heterocycles. The molecule has 3 heteroatoms. The summed E-state index contributed by atoms with van der Waals surface area (Å²) in [7, 11) is 3.57. The smallest absolute Gasteiger partial charge is 0.138 e. The fraction of sp³-hybridized carbons (Fsp3) is 0.600. The van der Waals surface area contributed by atoms with Crippen molar-refractivity contribution in [3.63, 3.8) is 0 Å². The zero-order valence-corrected chi connectivity index (χ0v) is 5.06. The van der Waals surface area contributed by atoms with E-state index in [9.17, 15) is 0 Å². The lowest BCUT2D eigenvalue weighted by Gasteiger charge is -2.05. The zero-order chi connectivity index (χ0) is 5.98. The maximum atomic E-state index is 4.88. The summed E-state index contributed by atoms with van der Waals surface area (Å²) in [6, 6.07) is 0. The minimum Gasteiger partial charge on any atom is -0.497 e. The third-order valence-corrected chi connectivity index (χ3v) is 1.01. The molecule has 1 rings (SSSR count). The molecule has 0 unspecified atom stereocenters. The first kappa shape index (κ1) is 5.44. The summed E-state index contributed by atoms with van der Waals surface area (Å²) < 4.78 is 4.88. The van der Waals surface area contributed by atoms with Crippen LogP contribution >= 0.6 is 0 Å². The molecule has 0 saturated carbocycles. The molecule has 1 N–H and O–H groups in total. The zero-order valence-electron chi connectivity index (χ0n) is 5.06. The number of hydrogen-bond acceptors (Lipinski definition) is 3. The standard InChI is InChI=1S/C5H9N2O/c1-7-4-5(8-2)3-6-7/h6H,4H2,1-2H3. The molecule has 0 fully saturated rings. The molecular weight excluding hydrogens is 104 g/mol. The first-order valence-corrected chi connectivity index (χ1v) is 2.45. The average Bonchev–Trinajstić information content (AvgIpc) is 2.14. The molecule has 1 aliphatic rings. The number of ether oxygens (including phenoxy) is 1. The van der Waals surface area contributed by atoms with Crippen LogP contribution in [0.3, 0.4) is 0 Å². The Balaban J connectivity index is 2.37. The van der Waals surface area contributed by atoms with Crippen molar-refractivity contribution in [1.82, 2.24) is 10.4 Å². The minimum atomic E-state index is 0.802. The molecule has 0 aliphatic carbocycles. The van der Waals surface area contributed by atoms with Crippen LogP contribution < -0.4 is 5.43 Å². The van der Waals surface area contributed by atoms with Crippen LogP contribution in [0.5, 0.6) is 0 Å². The van der Waals surface area contributed by atoms with Crippen LogP contribution in [0.4, 0.5) is 0 Å². The summed E-state index contributed by atoms with van der Waals surface area (Å²) in [6.45, 7) is 0.802. The normalized spacial score (nSPS) is 20.0. The molecule has 0 aromatic rings. The molecule has 45 valence electrons. The SMILES string of the molecule is COC1=[C]NN(C)C1. The van der Waals surface area contributed by atoms with E-state index < -0.39 is 0 Å². The lowest BCUT2D eigenvalue weighted by atomic mass is 10.5. The van der Waals surface area contributed by atoms with Crippen molar-refractivity contribution in [2.45, 2.75) is 0 Å². The fourth-order valence-electron chi connectivity index (χ4n) is 0.568. The van der Waals surface area contributed by atoms with Crippen molar-refractivity contribution in [3.05, 3.63) is 12.0 Å². The van der Waals surface area contributed by atoms with E-state index in [-0.39, 0.29) is 0 Å². The van der Waals surface area contributed by atoms with E-state index in [4.69, 9.17) is 4.74 Å². The molecule has 0 spiro atoms. The lowest BCUT2D eigenvalue weighted by Crippen LogP contribution is -2.25. The van der Waals surface area contributed by atoms with Crippen molar-refractivity contribution in [2.24, 2.45) is 0 Å². The number of rotatable bonds is 1. The minimum absolute atomic E-state index is 0.802. The Morgan fingerprint density at radius 2 is 2.62 bits per heavy atom. The summed E-state index contributed by atoms with van der Waals surface area (Å²) in [6.07, 6.45) is 2.83. The van der Waals surface area contributed by atoms with Crippen molar-refractivity contribution in [2.75, 3.05) is 20.7 Å². The molecule has 8 heavy (non-hydrogen) atoms. The number of likely N-dealkylation sites (N-methyl/N-ethyl adjacent to an activating group) is 1. The van der Waals surface area contributed by atoms with Crippen LogP contribution in [0.2, 0.25) is 0 Å². The molecule has 0 atom stereocenters. The van der Waals surface area contributed by atoms with Gasteiger partial charge in [0.25, 0.3) is 0 Å². The first-order chi connectivity index (χ1) is 3.83. The molecule has 0 saturated heterocycles. The van der Waals surface area contributed by atoms with Crippen LogP contribution in [0, 0.1) is 6.20 Å². The summed E-state index contributed by atoms with van der Waals surface area (Å²) in [5, 5.41) is 1.89. The summed E-state index contributed by atoms with van der Waals surface area (Å²) >= 11 is 0. The van der Waals surface area contributed by atoms with E-state index in [2.05, 4.69) is 11.6 Å².